The number of hydrogen-bond acceptors (Lipinski definition) is 4. The number of carbonyl (C=O) groups excluding carboxylic acids is 1. The molecule has 0 heterocycles. The fourth-order valence-electron chi connectivity index (χ4n) is 1.39. The molecule has 2 N–H and O–H groups in total. The quantitative estimate of drug-likeness (QED) is 0.428. The van der Waals surface area contributed by atoms with Crippen LogP contribution in [0.1, 0.15) is 51.4 Å². The lowest BCUT2D eigenvalue weighted by atomic mass is 10.1. The van der Waals surface area contributed by atoms with Crippen molar-refractivity contribution in [3.63, 3.8) is 0 Å². The molecule has 5 heteroatoms. The first kappa shape index (κ1) is 15.9. The Bertz CT molecular complexity index is 215. The van der Waals surface area contributed by atoms with E-state index in [0.29, 0.717) is 13.0 Å². The van der Waals surface area contributed by atoms with E-state index in [1.165, 1.54) is 0 Å². The summed E-state index contributed by atoms with van der Waals surface area (Å²) >= 11 is 0. The maximum atomic E-state index is 11.1. The van der Waals surface area contributed by atoms with Crippen molar-refractivity contribution in [1.29, 1.82) is 0 Å². The number of ether oxygens (including phenoxy) is 1. The Labute approximate surface area is 102 Å². The Balaban J connectivity index is 3.19. The van der Waals surface area contributed by atoms with Crippen LogP contribution in [0, 0.1) is 0 Å². The molecule has 0 aromatic heterocycles. The summed E-state index contributed by atoms with van der Waals surface area (Å²) in [6.07, 6.45) is 5.21. The number of hydrogen-bond donors (Lipinski definition) is 2. The zero-order valence-electron chi connectivity index (χ0n) is 10.2. The van der Waals surface area contributed by atoms with Crippen LogP contribution in [0.4, 0.5) is 0 Å². The molecule has 5 nitrogen and oxygen atoms in total. The van der Waals surface area contributed by atoms with E-state index in [9.17, 15) is 9.59 Å². The maximum Gasteiger partial charge on any atom is 0.305 e. The van der Waals surface area contributed by atoms with E-state index in [0.717, 1.165) is 32.1 Å². The first-order valence-corrected chi connectivity index (χ1v) is 6.15. The third kappa shape index (κ3) is 12.8. The van der Waals surface area contributed by atoms with Crippen molar-refractivity contribution in [1.82, 2.24) is 0 Å². The molecule has 0 spiro atoms. The molecule has 0 aromatic carbocycles. The van der Waals surface area contributed by atoms with Crippen LogP contribution in [-0.2, 0) is 14.3 Å². The monoisotopic (exact) mass is 246 g/mol. The van der Waals surface area contributed by atoms with Crippen molar-refractivity contribution < 1.29 is 24.5 Å². The molecule has 0 saturated carbocycles. The van der Waals surface area contributed by atoms with E-state index < -0.39 is 5.97 Å². The van der Waals surface area contributed by atoms with E-state index in [-0.39, 0.29) is 25.4 Å². The molecule has 0 aliphatic rings. The average Bonchev–Trinajstić information content (AvgIpc) is 2.27. The lowest BCUT2D eigenvalue weighted by molar-refractivity contribution is -0.144. The first-order chi connectivity index (χ1) is 8.16. The van der Waals surface area contributed by atoms with Gasteiger partial charge in [0.1, 0.15) is 0 Å². The highest BCUT2D eigenvalue weighted by atomic mass is 16.5. The molecule has 0 amide bonds. The van der Waals surface area contributed by atoms with Crippen LogP contribution >= 0.6 is 0 Å². The van der Waals surface area contributed by atoms with Crippen molar-refractivity contribution >= 4 is 11.9 Å². The Kier molecular flexibility index (Phi) is 10.7. The first-order valence-electron chi connectivity index (χ1n) is 6.15. The van der Waals surface area contributed by atoms with Crippen LogP contribution in [-0.4, -0.2) is 35.4 Å². The lowest BCUT2D eigenvalue weighted by Gasteiger charge is -2.04. The van der Waals surface area contributed by atoms with E-state index >= 15 is 0 Å². The molecule has 0 saturated heterocycles. The van der Waals surface area contributed by atoms with Gasteiger partial charge in [0, 0.05) is 19.4 Å². The highest BCUT2D eigenvalue weighted by molar-refractivity contribution is 5.71. The molecule has 100 valence electrons. The van der Waals surface area contributed by atoms with Crippen LogP contribution < -0.4 is 0 Å². The van der Waals surface area contributed by atoms with E-state index in [2.05, 4.69) is 0 Å². The van der Waals surface area contributed by atoms with Crippen molar-refractivity contribution in [2.24, 2.45) is 0 Å². The van der Waals surface area contributed by atoms with Gasteiger partial charge in [0.15, 0.2) is 0 Å². The number of esters is 1. The van der Waals surface area contributed by atoms with Gasteiger partial charge < -0.3 is 14.9 Å². The van der Waals surface area contributed by atoms with Gasteiger partial charge >= 0.3 is 11.9 Å². The fraction of sp³-hybridized carbons (Fsp3) is 0.833. The second kappa shape index (κ2) is 11.4. The van der Waals surface area contributed by atoms with Crippen molar-refractivity contribution in [3.8, 4) is 0 Å². The van der Waals surface area contributed by atoms with Gasteiger partial charge in [-0.1, -0.05) is 19.3 Å². The number of aliphatic hydroxyl groups is 1. The summed E-state index contributed by atoms with van der Waals surface area (Å²) in [5, 5.41) is 16.9. The van der Waals surface area contributed by atoms with Crippen LogP contribution in [0.2, 0.25) is 0 Å². The van der Waals surface area contributed by atoms with E-state index in [1.54, 1.807) is 0 Å². The van der Waals surface area contributed by atoms with Crippen LogP contribution in [0.15, 0.2) is 0 Å². The van der Waals surface area contributed by atoms with Gasteiger partial charge in [-0.15, -0.1) is 0 Å². The second-order valence-corrected chi connectivity index (χ2v) is 3.96. The Morgan fingerprint density at radius 1 is 0.882 bits per heavy atom. The minimum atomic E-state index is -0.887. The zero-order chi connectivity index (χ0) is 12.9. The minimum Gasteiger partial charge on any atom is -0.481 e. The highest BCUT2D eigenvalue weighted by Crippen LogP contribution is 2.04. The molecular weight excluding hydrogens is 224 g/mol. The predicted molar refractivity (Wildman–Crippen MR) is 62.6 cm³/mol. The summed E-state index contributed by atoms with van der Waals surface area (Å²) in [5.41, 5.74) is 0. The molecular formula is C12H22O5. The van der Waals surface area contributed by atoms with Crippen LogP contribution in [0.25, 0.3) is 0 Å². The smallest absolute Gasteiger partial charge is 0.305 e. The van der Waals surface area contributed by atoms with Gasteiger partial charge in [-0.3, -0.25) is 9.59 Å². The van der Waals surface area contributed by atoms with Crippen molar-refractivity contribution in [2.45, 2.75) is 51.4 Å². The standard InChI is InChI=1S/C12H22O5/c13-9-4-2-1-3-5-10-17-12(16)8-6-7-11(14)15/h13H,1-10H2,(H,14,15). The summed E-state index contributed by atoms with van der Waals surface area (Å²) in [6, 6.07) is 0. The minimum absolute atomic E-state index is 0.0102. The predicted octanol–water partition coefficient (Wildman–Crippen LogP) is 1.73. The highest BCUT2D eigenvalue weighted by Gasteiger charge is 2.04. The summed E-state index contributed by atoms with van der Waals surface area (Å²) in [5.74, 6) is -1.21. The largest absolute Gasteiger partial charge is 0.481 e. The lowest BCUT2D eigenvalue weighted by Crippen LogP contribution is -2.06. The molecule has 0 aliphatic carbocycles. The molecule has 0 rings (SSSR count). The van der Waals surface area contributed by atoms with Crippen molar-refractivity contribution in [3.05, 3.63) is 0 Å². The molecule has 0 fully saturated rings. The summed E-state index contributed by atoms with van der Waals surface area (Å²) < 4.78 is 4.95. The maximum absolute atomic E-state index is 11.1. The van der Waals surface area contributed by atoms with Gasteiger partial charge in [-0.2, -0.15) is 0 Å². The summed E-state index contributed by atoms with van der Waals surface area (Å²) in [4.78, 5) is 21.3. The average molecular weight is 246 g/mol. The molecule has 17 heavy (non-hydrogen) atoms. The third-order valence-electron chi connectivity index (χ3n) is 2.34. The SMILES string of the molecule is O=C(O)CCCC(=O)OCCCCCCCO. The van der Waals surface area contributed by atoms with E-state index in [4.69, 9.17) is 14.9 Å². The molecule has 0 radical (unpaired) electrons. The molecule has 0 atom stereocenters. The van der Waals surface area contributed by atoms with E-state index in [1.807, 2.05) is 0 Å². The number of carboxylic acid groups (broad SMARTS) is 1. The fourth-order valence-corrected chi connectivity index (χ4v) is 1.39. The number of unbranched alkanes of at least 4 members (excludes halogenated alkanes) is 4. The summed E-state index contributed by atoms with van der Waals surface area (Å²) in [6.45, 7) is 0.642. The molecule has 0 unspecified atom stereocenters. The zero-order valence-corrected chi connectivity index (χ0v) is 10.2. The van der Waals surface area contributed by atoms with Crippen molar-refractivity contribution in [2.75, 3.05) is 13.2 Å². The van der Waals surface area contributed by atoms with Gasteiger partial charge in [0.2, 0.25) is 0 Å². The molecule has 0 aromatic rings. The van der Waals surface area contributed by atoms with Gasteiger partial charge in [-0.25, -0.2) is 0 Å². The second-order valence-electron chi connectivity index (χ2n) is 3.96. The number of carbonyl (C=O) groups is 2. The number of aliphatic carboxylic acids is 1. The summed E-state index contributed by atoms with van der Waals surface area (Å²) in [7, 11) is 0. The number of carboxylic acids is 1. The Morgan fingerprint density at radius 3 is 2.18 bits per heavy atom. The molecule has 0 aliphatic heterocycles. The number of aliphatic hydroxyl groups excluding tert-OH is 1. The Morgan fingerprint density at radius 2 is 1.53 bits per heavy atom. The van der Waals surface area contributed by atoms with Gasteiger partial charge in [-0.05, 0) is 19.3 Å². The van der Waals surface area contributed by atoms with Gasteiger partial charge in [0.05, 0.1) is 6.61 Å². The van der Waals surface area contributed by atoms with Gasteiger partial charge in [0.25, 0.3) is 0 Å². The van der Waals surface area contributed by atoms with Crippen LogP contribution in [0.5, 0.6) is 0 Å². The number of rotatable bonds is 11. The normalized spacial score (nSPS) is 10.2. The molecule has 0 bridgehead atoms. The Hall–Kier alpha value is -1.10. The third-order valence-corrected chi connectivity index (χ3v) is 2.34. The topological polar surface area (TPSA) is 83.8 Å². The van der Waals surface area contributed by atoms with Crippen LogP contribution in [0.3, 0.4) is 0 Å².